The van der Waals surface area contributed by atoms with E-state index < -0.39 is 17.8 Å². The van der Waals surface area contributed by atoms with Crippen molar-refractivity contribution in [1.29, 1.82) is 5.41 Å². The first kappa shape index (κ1) is 21.7. The van der Waals surface area contributed by atoms with E-state index >= 15 is 0 Å². The highest BCUT2D eigenvalue weighted by Gasteiger charge is 2.22. The summed E-state index contributed by atoms with van der Waals surface area (Å²) >= 11 is 1.24. The summed E-state index contributed by atoms with van der Waals surface area (Å²) in [5.41, 5.74) is 7.46. The summed E-state index contributed by atoms with van der Waals surface area (Å²) in [7, 11) is 1.46. The molecule has 2 amide bonds. The highest BCUT2D eigenvalue weighted by molar-refractivity contribution is 7.14. The van der Waals surface area contributed by atoms with Crippen molar-refractivity contribution in [3.63, 3.8) is 0 Å². The molecule has 0 atom stereocenters. The second kappa shape index (κ2) is 8.80. The average Bonchev–Trinajstić information content (AvgIpc) is 3.14. The number of thiophene rings is 1. The van der Waals surface area contributed by atoms with E-state index in [-0.39, 0.29) is 17.0 Å². The van der Waals surface area contributed by atoms with Crippen molar-refractivity contribution in [2.45, 2.75) is 6.92 Å². The normalized spacial score (nSPS) is 10.4. The van der Waals surface area contributed by atoms with Gasteiger partial charge < -0.3 is 21.5 Å². The maximum Gasteiger partial charge on any atom is 0.336 e. The molecule has 31 heavy (non-hydrogen) atoms. The average molecular weight is 436 g/mol. The SMILES string of the molecule is CNC(=O)c1ccc(-c2cc(C)sc2C(=O)Nc2ccc(C(=N)N)cc2)c(C(=O)O)c1. The number of rotatable bonds is 6. The molecule has 158 valence electrons. The number of hydrogen-bond donors (Lipinski definition) is 5. The molecule has 0 fully saturated rings. The lowest BCUT2D eigenvalue weighted by molar-refractivity contribution is 0.0697. The number of carboxylic acid groups (broad SMARTS) is 1. The van der Waals surface area contributed by atoms with Crippen LogP contribution in [0.4, 0.5) is 5.69 Å². The van der Waals surface area contributed by atoms with Gasteiger partial charge in [0.1, 0.15) is 10.7 Å². The molecule has 1 heterocycles. The number of hydrogen-bond acceptors (Lipinski definition) is 5. The molecule has 0 bridgehead atoms. The number of anilines is 1. The monoisotopic (exact) mass is 436 g/mol. The van der Waals surface area contributed by atoms with E-state index in [0.29, 0.717) is 27.3 Å². The van der Waals surface area contributed by atoms with Crippen LogP contribution in [0.2, 0.25) is 0 Å². The van der Waals surface area contributed by atoms with Crippen LogP contribution in [0.15, 0.2) is 48.5 Å². The topological polar surface area (TPSA) is 145 Å². The summed E-state index contributed by atoms with van der Waals surface area (Å²) in [6.07, 6.45) is 0. The van der Waals surface area contributed by atoms with E-state index in [1.807, 2.05) is 6.92 Å². The third kappa shape index (κ3) is 4.62. The molecule has 8 nitrogen and oxygen atoms in total. The van der Waals surface area contributed by atoms with Crippen molar-refractivity contribution in [1.82, 2.24) is 5.32 Å². The molecule has 1 aromatic heterocycles. The number of amidine groups is 1. The van der Waals surface area contributed by atoms with Crippen molar-refractivity contribution in [3.05, 3.63) is 75.0 Å². The molecule has 3 rings (SSSR count). The Kier molecular flexibility index (Phi) is 6.17. The maximum absolute atomic E-state index is 13.0. The zero-order chi connectivity index (χ0) is 22.7. The van der Waals surface area contributed by atoms with Crippen molar-refractivity contribution in [2.75, 3.05) is 12.4 Å². The molecule has 6 N–H and O–H groups in total. The quantitative estimate of drug-likeness (QED) is 0.297. The van der Waals surface area contributed by atoms with Gasteiger partial charge in [0.15, 0.2) is 0 Å². The van der Waals surface area contributed by atoms with Gasteiger partial charge in [0.25, 0.3) is 11.8 Å². The third-order valence-electron chi connectivity index (χ3n) is 4.54. The number of aromatic carboxylic acids is 1. The van der Waals surface area contributed by atoms with Crippen LogP contribution in [0.3, 0.4) is 0 Å². The summed E-state index contributed by atoms with van der Waals surface area (Å²) in [4.78, 5) is 37.9. The summed E-state index contributed by atoms with van der Waals surface area (Å²) < 4.78 is 0. The number of nitrogen functional groups attached to an aromatic ring is 1. The Morgan fingerprint density at radius 1 is 0.968 bits per heavy atom. The fourth-order valence-corrected chi connectivity index (χ4v) is 3.97. The first-order valence-electron chi connectivity index (χ1n) is 9.17. The van der Waals surface area contributed by atoms with Crippen LogP contribution in [0.25, 0.3) is 11.1 Å². The van der Waals surface area contributed by atoms with Crippen molar-refractivity contribution < 1.29 is 19.5 Å². The summed E-state index contributed by atoms with van der Waals surface area (Å²) in [6.45, 7) is 1.83. The van der Waals surface area contributed by atoms with Crippen molar-refractivity contribution in [2.24, 2.45) is 5.73 Å². The van der Waals surface area contributed by atoms with E-state index in [1.54, 1.807) is 30.3 Å². The predicted molar refractivity (Wildman–Crippen MR) is 120 cm³/mol. The Morgan fingerprint density at radius 2 is 1.61 bits per heavy atom. The number of aryl methyl sites for hydroxylation is 1. The Hall–Kier alpha value is -3.98. The van der Waals surface area contributed by atoms with Gasteiger partial charge >= 0.3 is 5.97 Å². The minimum Gasteiger partial charge on any atom is -0.478 e. The summed E-state index contributed by atoms with van der Waals surface area (Å²) in [5.74, 6) is -2.07. The largest absolute Gasteiger partial charge is 0.478 e. The third-order valence-corrected chi connectivity index (χ3v) is 5.59. The van der Waals surface area contributed by atoms with Crippen LogP contribution in [-0.4, -0.2) is 35.8 Å². The molecule has 0 aliphatic carbocycles. The minimum atomic E-state index is -1.20. The van der Waals surface area contributed by atoms with E-state index in [1.165, 1.54) is 36.6 Å². The fraction of sp³-hybridized carbons (Fsp3) is 0.0909. The molecule has 0 spiro atoms. The summed E-state index contributed by atoms with van der Waals surface area (Å²) in [6, 6.07) is 12.6. The van der Waals surface area contributed by atoms with Gasteiger partial charge in [0.2, 0.25) is 0 Å². The predicted octanol–water partition coefficient (Wildman–Crippen LogP) is 3.32. The molecule has 2 aromatic carbocycles. The Bertz CT molecular complexity index is 1200. The minimum absolute atomic E-state index is 0.0706. The number of nitrogens with one attached hydrogen (secondary N) is 3. The molecule has 9 heteroatoms. The van der Waals surface area contributed by atoms with Gasteiger partial charge in [0.05, 0.1) is 5.56 Å². The molecule has 0 saturated carbocycles. The van der Waals surface area contributed by atoms with Crippen molar-refractivity contribution >= 4 is 40.6 Å². The van der Waals surface area contributed by atoms with Crippen molar-refractivity contribution in [3.8, 4) is 11.1 Å². The Morgan fingerprint density at radius 3 is 2.19 bits per heavy atom. The highest BCUT2D eigenvalue weighted by Crippen LogP contribution is 2.34. The molecule has 0 radical (unpaired) electrons. The maximum atomic E-state index is 13.0. The standard InChI is InChI=1S/C22H20N4O4S/c1-11-9-16(15-8-5-13(20(27)25-2)10-17(15)22(29)30)18(31-11)21(28)26-14-6-3-12(4-7-14)19(23)24/h3-10H,1-2H3,(H3,23,24)(H,25,27)(H,26,28)(H,29,30). The Labute approximate surface area is 182 Å². The van der Waals surface area contributed by atoms with Gasteiger partial charge in [-0.25, -0.2) is 4.79 Å². The van der Waals surface area contributed by atoms with Gasteiger partial charge in [-0.05, 0) is 55.0 Å². The highest BCUT2D eigenvalue weighted by atomic mass is 32.1. The number of carbonyl (C=O) groups is 3. The van der Waals surface area contributed by atoms with Crippen LogP contribution in [-0.2, 0) is 0 Å². The second-order valence-electron chi connectivity index (χ2n) is 6.69. The molecule has 0 unspecified atom stereocenters. The van der Waals surface area contributed by atoms with Crippen LogP contribution in [0.5, 0.6) is 0 Å². The lowest BCUT2D eigenvalue weighted by atomic mass is 9.97. The van der Waals surface area contributed by atoms with Gasteiger partial charge in [0, 0.05) is 34.3 Å². The van der Waals surface area contributed by atoms with Gasteiger partial charge in [-0.1, -0.05) is 6.07 Å². The molecule has 3 aromatic rings. The zero-order valence-corrected chi connectivity index (χ0v) is 17.6. The fourth-order valence-electron chi connectivity index (χ4n) is 3.05. The number of carbonyl (C=O) groups excluding carboxylic acids is 2. The second-order valence-corrected chi connectivity index (χ2v) is 7.95. The summed E-state index contributed by atoms with van der Waals surface area (Å²) in [5, 5.41) is 22.4. The van der Waals surface area contributed by atoms with E-state index in [2.05, 4.69) is 10.6 Å². The molecular weight excluding hydrogens is 416 g/mol. The van der Waals surface area contributed by atoms with E-state index in [4.69, 9.17) is 11.1 Å². The zero-order valence-electron chi connectivity index (χ0n) is 16.8. The lowest BCUT2D eigenvalue weighted by Gasteiger charge is -2.10. The molecule has 0 saturated heterocycles. The number of nitrogens with two attached hydrogens (primary N) is 1. The van der Waals surface area contributed by atoms with Crippen LogP contribution in [0.1, 0.15) is 40.8 Å². The van der Waals surface area contributed by atoms with Gasteiger partial charge in [-0.2, -0.15) is 0 Å². The van der Waals surface area contributed by atoms with Crippen LogP contribution < -0.4 is 16.4 Å². The van der Waals surface area contributed by atoms with Crippen LogP contribution >= 0.6 is 11.3 Å². The van der Waals surface area contributed by atoms with Crippen LogP contribution in [0, 0.1) is 12.3 Å². The first-order valence-corrected chi connectivity index (χ1v) is 9.99. The molecule has 0 aliphatic rings. The van der Waals surface area contributed by atoms with Gasteiger partial charge in [-0.15, -0.1) is 11.3 Å². The number of benzene rings is 2. The van der Waals surface area contributed by atoms with E-state index in [0.717, 1.165) is 4.88 Å². The molecular formula is C22H20N4O4S. The lowest BCUT2D eigenvalue weighted by Crippen LogP contribution is -2.18. The molecule has 0 aliphatic heterocycles. The Balaban J connectivity index is 2.00. The van der Waals surface area contributed by atoms with Gasteiger partial charge in [-0.3, -0.25) is 15.0 Å². The smallest absolute Gasteiger partial charge is 0.336 e. The number of carboxylic acids is 1. The van der Waals surface area contributed by atoms with E-state index in [9.17, 15) is 19.5 Å². The first-order chi connectivity index (χ1) is 14.7. The number of amides is 2.